The lowest BCUT2D eigenvalue weighted by atomic mass is 10.2. The zero-order chi connectivity index (χ0) is 25.2. The van der Waals surface area contributed by atoms with Crippen LogP contribution in [0.4, 0.5) is 14.9 Å². The number of hydrogen-bond acceptors (Lipinski definition) is 7. The van der Waals surface area contributed by atoms with E-state index in [1.807, 2.05) is 24.4 Å². The lowest BCUT2D eigenvalue weighted by Gasteiger charge is -2.26. The molecule has 0 radical (unpaired) electrons. The number of pyridine rings is 2. The summed E-state index contributed by atoms with van der Waals surface area (Å²) < 4.78 is 26.9. The highest BCUT2D eigenvalue weighted by atomic mass is 32.1. The van der Waals surface area contributed by atoms with Crippen molar-refractivity contribution in [1.82, 2.24) is 20.2 Å². The molecule has 0 bridgehead atoms. The standard InChI is InChI=1S/C27H26FN5O3S/c28-21-14-20(32-27(34)31-19-2-3-19)4-6-23(21)36-26-25-18(7-8-29-26)13-24(37-25)22-5-1-17(15-30-22)16-33-9-11-35-12-10-33/h1,4-8,13-15,19H,2-3,9-12,16H2,(H2,31,32,34). The van der Waals surface area contributed by atoms with Gasteiger partial charge in [0.25, 0.3) is 0 Å². The maximum absolute atomic E-state index is 14.8. The van der Waals surface area contributed by atoms with E-state index >= 15 is 0 Å². The summed E-state index contributed by atoms with van der Waals surface area (Å²) in [7, 11) is 0. The molecule has 6 rings (SSSR count). The molecule has 0 atom stereocenters. The summed E-state index contributed by atoms with van der Waals surface area (Å²) >= 11 is 1.50. The Kier molecular flexibility index (Phi) is 6.69. The van der Waals surface area contributed by atoms with Crippen LogP contribution >= 0.6 is 11.3 Å². The van der Waals surface area contributed by atoms with E-state index in [1.165, 1.54) is 23.5 Å². The first-order chi connectivity index (χ1) is 18.1. The number of carbonyl (C=O) groups excluding carboxylic acids is 1. The van der Waals surface area contributed by atoms with E-state index < -0.39 is 5.82 Å². The van der Waals surface area contributed by atoms with Crippen molar-refractivity contribution < 1.29 is 18.7 Å². The third-order valence-corrected chi connectivity index (χ3v) is 7.46. The summed E-state index contributed by atoms with van der Waals surface area (Å²) in [5, 5.41) is 6.40. The fourth-order valence-corrected chi connectivity index (χ4v) is 5.22. The van der Waals surface area contributed by atoms with E-state index in [2.05, 4.69) is 31.6 Å². The molecule has 37 heavy (non-hydrogen) atoms. The molecule has 2 aliphatic rings. The van der Waals surface area contributed by atoms with E-state index in [-0.39, 0.29) is 17.8 Å². The molecule has 1 saturated heterocycles. The van der Waals surface area contributed by atoms with Gasteiger partial charge in [0.2, 0.25) is 5.88 Å². The van der Waals surface area contributed by atoms with Crippen molar-refractivity contribution in [3.8, 4) is 22.2 Å². The average Bonchev–Trinajstić information content (AvgIpc) is 3.60. The van der Waals surface area contributed by atoms with Gasteiger partial charge >= 0.3 is 6.03 Å². The summed E-state index contributed by atoms with van der Waals surface area (Å²) in [5.41, 5.74) is 2.38. The van der Waals surface area contributed by atoms with Gasteiger partial charge < -0.3 is 20.1 Å². The number of amides is 2. The quantitative estimate of drug-likeness (QED) is 0.340. The molecule has 0 unspecified atom stereocenters. The molecule has 1 aliphatic heterocycles. The minimum atomic E-state index is -0.586. The van der Waals surface area contributed by atoms with Gasteiger partial charge in [0.05, 0.1) is 28.5 Å². The van der Waals surface area contributed by atoms with Crippen molar-refractivity contribution >= 4 is 33.1 Å². The van der Waals surface area contributed by atoms with Crippen LogP contribution in [0.5, 0.6) is 11.6 Å². The number of urea groups is 1. The normalized spacial score (nSPS) is 16.0. The Hall–Kier alpha value is -3.60. The van der Waals surface area contributed by atoms with Gasteiger partial charge in [0.15, 0.2) is 11.6 Å². The first kappa shape index (κ1) is 23.8. The molecule has 1 aliphatic carbocycles. The molecule has 4 aromatic rings. The van der Waals surface area contributed by atoms with Crippen LogP contribution in [0.15, 0.2) is 54.9 Å². The van der Waals surface area contributed by atoms with E-state index in [0.717, 1.165) is 71.9 Å². The van der Waals surface area contributed by atoms with Crippen LogP contribution in [0.25, 0.3) is 20.7 Å². The van der Waals surface area contributed by atoms with Gasteiger partial charge in [-0.15, -0.1) is 11.3 Å². The van der Waals surface area contributed by atoms with Crippen LogP contribution in [0, 0.1) is 5.82 Å². The number of nitrogens with one attached hydrogen (secondary N) is 2. The highest BCUT2D eigenvalue weighted by molar-refractivity contribution is 7.22. The zero-order valence-corrected chi connectivity index (χ0v) is 20.9. The van der Waals surface area contributed by atoms with Crippen LogP contribution in [-0.2, 0) is 11.3 Å². The van der Waals surface area contributed by atoms with E-state index in [9.17, 15) is 9.18 Å². The predicted octanol–water partition coefficient (Wildman–Crippen LogP) is 5.41. The average molecular weight is 520 g/mol. The van der Waals surface area contributed by atoms with Crippen molar-refractivity contribution in [3.63, 3.8) is 0 Å². The number of thiophene rings is 1. The van der Waals surface area contributed by atoms with Gasteiger partial charge in [-0.05, 0) is 48.7 Å². The molecule has 2 N–H and O–H groups in total. The Labute approximate surface area is 217 Å². The first-order valence-electron chi connectivity index (χ1n) is 12.3. The van der Waals surface area contributed by atoms with Crippen LogP contribution < -0.4 is 15.4 Å². The Morgan fingerprint density at radius 1 is 1.14 bits per heavy atom. The van der Waals surface area contributed by atoms with Crippen LogP contribution in [0.1, 0.15) is 18.4 Å². The highest BCUT2D eigenvalue weighted by Crippen LogP contribution is 2.39. The third kappa shape index (κ3) is 5.71. The molecule has 3 aromatic heterocycles. The van der Waals surface area contributed by atoms with Crippen molar-refractivity contribution in [1.29, 1.82) is 0 Å². The minimum Gasteiger partial charge on any atom is -0.435 e. The van der Waals surface area contributed by atoms with Crippen LogP contribution in [-0.4, -0.2) is 53.2 Å². The Morgan fingerprint density at radius 3 is 2.76 bits per heavy atom. The lowest BCUT2D eigenvalue weighted by Crippen LogP contribution is -2.35. The fourth-order valence-electron chi connectivity index (χ4n) is 4.17. The van der Waals surface area contributed by atoms with Gasteiger partial charge in [0.1, 0.15) is 0 Å². The van der Waals surface area contributed by atoms with Crippen molar-refractivity contribution in [3.05, 3.63) is 66.2 Å². The maximum atomic E-state index is 14.8. The number of aromatic nitrogens is 2. The number of carbonyl (C=O) groups is 1. The third-order valence-electron chi connectivity index (χ3n) is 6.30. The Balaban J connectivity index is 1.17. The number of halogens is 1. The number of benzene rings is 1. The van der Waals surface area contributed by atoms with Gasteiger partial charge in [-0.25, -0.2) is 14.2 Å². The fraction of sp³-hybridized carbons (Fsp3) is 0.296. The number of rotatable bonds is 7. The zero-order valence-electron chi connectivity index (χ0n) is 20.1. The topological polar surface area (TPSA) is 88.6 Å². The molecule has 10 heteroatoms. The molecule has 2 fully saturated rings. The van der Waals surface area contributed by atoms with Gasteiger partial charge in [-0.1, -0.05) is 6.07 Å². The van der Waals surface area contributed by atoms with Gasteiger partial charge in [-0.3, -0.25) is 9.88 Å². The summed E-state index contributed by atoms with van der Waals surface area (Å²) in [6.45, 7) is 4.27. The Morgan fingerprint density at radius 2 is 2.00 bits per heavy atom. The molecule has 4 heterocycles. The maximum Gasteiger partial charge on any atom is 0.319 e. The summed E-state index contributed by atoms with van der Waals surface area (Å²) in [4.78, 5) is 24.3. The first-order valence-corrected chi connectivity index (χ1v) is 13.1. The molecular formula is C27H26FN5O3S. The molecule has 0 spiro atoms. The number of nitrogens with zero attached hydrogens (tertiary/aromatic N) is 3. The molecule has 1 saturated carbocycles. The van der Waals surface area contributed by atoms with E-state index in [4.69, 9.17) is 9.47 Å². The summed E-state index contributed by atoms with van der Waals surface area (Å²) in [6.07, 6.45) is 5.52. The predicted molar refractivity (Wildman–Crippen MR) is 141 cm³/mol. The highest BCUT2D eigenvalue weighted by Gasteiger charge is 2.23. The number of anilines is 1. The monoisotopic (exact) mass is 519 g/mol. The number of ether oxygens (including phenoxy) is 2. The van der Waals surface area contributed by atoms with Crippen LogP contribution in [0.2, 0.25) is 0 Å². The summed E-state index contributed by atoms with van der Waals surface area (Å²) in [5.74, 6) is -0.227. The molecular weight excluding hydrogens is 493 g/mol. The second kappa shape index (κ2) is 10.4. The van der Waals surface area contributed by atoms with Gasteiger partial charge in [-0.2, -0.15) is 0 Å². The SMILES string of the molecule is O=C(Nc1ccc(Oc2nccc3cc(-c4ccc(CN5CCOCC5)cn4)sc23)c(F)c1)NC1CC1. The van der Waals surface area contributed by atoms with E-state index in [1.54, 1.807) is 12.3 Å². The smallest absolute Gasteiger partial charge is 0.319 e. The number of morpholine rings is 1. The van der Waals surface area contributed by atoms with Crippen molar-refractivity contribution in [2.45, 2.75) is 25.4 Å². The van der Waals surface area contributed by atoms with Crippen molar-refractivity contribution in [2.75, 3.05) is 31.6 Å². The molecule has 1 aromatic carbocycles. The second-order valence-electron chi connectivity index (χ2n) is 9.21. The minimum absolute atomic E-state index is 0.0358. The summed E-state index contributed by atoms with van der Waals surface area (Å²) in [6, 6.07) is 12.3. The molecule has 190 valence electrons. The largest absolute Gasteiger partial charge is 0.435 e. The number of hydrogen-bond donors (Lipinski definition) is 2. The lowest BCUT2D eigenvalue weighted by molar-refractivity contribution is 0.0341. The van der Waals surface area contributed by atoms with Crippen LogP contribution in [0.3, 0.4) is 0 Å². The number of fused-ring (bicyclic) bond motifs is 1. The second-order valence-corrected chi connectivity index (χ2v) is 10.3. The Bertz CT molecular complexity index is 1420. The molecule has 8 nitrogen and oxygen atoms in total. The van der Waals surface area contributed by atoms with Gasteiger partial charge in [0, 0.05) is 55.2 Å². The molecule has 2 amide bonds. The van der Waals surface area contributed by atoms with E-state index in [0.29, 0.717) is 11.6 Å². The van der Waals surface area contributed by atoms with Crippen molar-refractivity contribution in [2.24, 2.45) is 0 Å².